The Balaban J connectivity index is 1.79. The zero-order valence-corrected chi connectivity index (χ0v) is 14.8. The van der Waals surface area contributed by atoms with Crippen molar-refractivity contribution >= 4 is 17.5 Å². The third-order valence-electron chi connectivity index (χ3n) is 3.48. The van der Waals surface area contributed by atoms with Crippen molar-refractivity contribution in [1.29, 1.82) is 0 Å². The highest BCUT2D eigenvalue weighted by Gasteiger charge is 2.21. The molecule has 0 atom stereocenters. The first-order valence-corrected chi connectivity index (χ1v) is 8.19. The Morgan fingerprint density at radius 1 is 0.960 bits per heavy atom. The standard InChI is InChI=1S/C20H24N2O3/c1-20(2,3)19(24)21-13-18(23)22-16-9-11-17(12-10-16)25-14-15-7-5-4-6-8-15/h4-12H,13-14H2,1-3H3,(H,21,24)(H,22,23). The van der Waals surface area contributed by atoms with Gasteiger partial charge in [0.15, 0.2) is 0 Å². The van der Waals surface area contributed by atoms with Gasteiger partial charge < -0.3 is 15.4 Å². The number of amides is 2. The van der Waals surface area contributed by atoms with E-state index >= 15 is 0 Å². The van der Waals surface area contributed by atoms with E-state index in [-0.39, 0.29) is 18.4 Å². The number of carbonyl (C=O) groups is 2. The number of benzene rings is 2. The van der Waals surface area contributed by atoms with Crippen LogP contribution >= 0.6 is 0 Å². The molecule has 0 aliphatic heterocycles. The molecule has 0 aromatic heterocycles. The van der Waals surface area contributed by atoms with Crippen LogP contribution in [0.15, 0.2) is 54.6 Å². The number of ether oxygens (including phenoxy) is 1. The molecule has 0 heterocycles. The van der Waals surface area contributed by atoms with Crippen LogP contribution in [-0.4, -0.2) is 18.4 Å². The molecule has 2 aromatic rings. The van der Waals surface area contributed by atoms with Crippen molar-refractivity contribution in [2.24, 2.45) is 5.41 Å². The summed E-state index contributed by atoms with van der Waals surface area (Å²) in [5.74, 6) is 0.297. The number of anilines is 1. The van der Waals surface area contributed by atoms with Gasteiger partial charge in [0.25, 0.3) is 0 Å². The number of rotatable bonds is 6. The van der Waals surface area contributed by atoms with Crippen LogP contribution in [-0.2, 0) is 16.2 Å². The van der Waals surface area contributed by atoms with Gasteiger partial charge in [-0.15, -0.1) is 0 Å². The highest BCUT2D eigenvalue weighted by molar-refractivity contribution is 5.95. The molecular formula is C20H24N2O3. The zero-order chi connectivity index (χ0) is 18.3. The van der Waals surface area contributed by atoms with E-state index in [1.54, 1.807) is 45.0 Å². The third kappa shape index (κ3) is 6.30. The van der Waals surface area contributed by atoms with Crippen molar-refractivity contribution in [3.63, 3.8) is 0 Å². The molecule has 2 amide bonds. The molecule has 0 fully saturated rings. The predicted octanol–water partition coefficient (Wildman–Crippen LogP) is 3.37. The van der Waals surface area contributed by atoms with Gasteiger partial charge in [0.1, 0.15) is 12.4 Å². The molecule has 0 aliphatic carbocycles. The van der Waals surface area contributed by atoms with Crippen molar-refractivity contribution < 1.29 is 14.3 Å². The fourth-order valence-electron chi connectivity index (χ4n) is 2.01. The van der Waals surface area contributed by atoms with Crippen LogP contribution in [0.3, 0.4) is 0 Å². The number of hydrogen-bond acceptors (Lipinski definition) is 3. The minimum Gasteiger partial charge on any atom is -0.489 e. The van der Waals surface area contributed by atoms with E-state index < -0.39 is 5.41 Å². The Morgan fingerprint density at radius 2 is 1.60 bits per heavy atom. The van der Waals surface area contributed by atoms with E-state index in [2.05, 4.69) is 10.6 Å². The van der Waals surface area contributed by atoms with E-state index in [0.717, 1.165) is 11.3 Å². The summed E-state index contributed by atoms with van der Waals surface area (Å²) in [4.78, 5) is 23.6. The van der Waals surface area contributed by atoms with Gasteiger partial charge in [-0.25, -0.2) is 0 Å². The molecule has 0 radical (unpaired) electrons. The molecule has 0 saturated carbocycles. The molecule has 25 heavy (non-hydrogen) atoms. The fourth-order valence-corrected chi connectivity index (χ4v) is 2.01. The Kier molecular flexibility index (Phi) is 6.17. The molecule has 2 N–H and O–H groups in total. The normalized spacial score (nSPS) is 10.8. The second kappa shape index (κ2) is 8.33. The first kappa shape index (κ1) is 18.5. The van der Waals surface area contributed by atoms with Crippen LogP contribution < -0.4 is 15.4 Å². The number of carbonyl (C=O) groups excluding carboxylic acids is 2. The van der Waals surface area contributed by atoms with Gasteiger partial charge in [-0.3, -0.25) is 9.59 Å². The average Bonchev–Trinajstić information content (AvgIpc) is 2.59. The van der Waals surface area contributed by atoms with E-state index in [0.29, 0.717) is 12.3 Å². The molecule has 0 aliphatic rings. The fraction of sp³-hybridized carbons (Fsp3) is 0.300. The van der Waals surface area contributed by atoms with Crippen molar-refractivity contribution in [3.05, 3.63) is 60.2 Å². The van der Waals surface area contributed by atoms with E-state index in [1.165, 1.54) is 0 Å². The molecule has 5 heteroatoms. The Hall–Kier alpha value is -2.82. The van der Waals surface area contributed by atoms with Crippen LogP contribution in [0.2, 0.25) is 0 Å². The SMILES string of the molecule is CC(C)(C)C(=O)NCC(=O)Nc1ccc(OCc2ccccc2)cc1. The van der Waals surface area contributed by atoms with Crippen molar-refractivity contribution in [3.8, 4) is 5.75 Å². The van der Waals surface area contributed by atoms with Crippen molar-refractivity contribution in [2.75, 3.05) is 11.9 Å². The van der Waals surface area contributed by atoms with Gasteiger partial charge in [0.2, 0.25) is 11.8 Å². The van der Waals surface area contributed by atoms with Crippen LogP contribution in [0.25, 0.3) is 0 Å². The number of nitrogens with one attached hydrogen (secondary N) is 2. The highest BCUT2D eigenvalue weighted by atomic mass is 16.5. The van der Waals surface area contributed by atoms with Gasteiger partial charge in [-0.05, 0) is 29.8 Å². The lowest BCUT2D eigenvalue weighted by Gasteiger charge is -2.17. The zero-order valence-electron chi connectivity index (χ0n) is 14.8. The summed E-state index contributed by atoms with van der Waals surface area (Å²) in [5, 5.41) is 5.36. The Bertz CT molecular complexity index is 704. The van der Waals surface area contributed by atoms with Crippen molar-refractivity contribution in [1.82, 2.24) is 5.32 Å². The van der Waals surface area contributed by atoms with Gasteiger partial charge in [0.05, 0.1) is 6.54 Å². The molecule has 0 saturated heterocycles. The molecule has 0 bridgehead atoms. The van der Waals surface area contributed by atoms with E-state index in [1.807, 2.05) is 30.3 Å². The molecule has 2 aromatic carbocycles. The lowest BCUT2D eigenvalue weighted by Crippen LogP contribution is -2.39. The molecule has 5 nitrogen and oxygen atoms in total. The lowest BCUT2D eigenvalue weighted by molar-refractivity contribution is -0.130. The molecule has 2 rings (SSSR count). The predicted molar refractivity (Wildman–Crippen MR) is 98.3 cm³/mol. The quantitative estimate of drug-likeness (QED) is 0.847. The maximum atomic E-state index is 11.9. The highest BCUT2D eigenvalue weighted by Crippen LogP contribution is 2.17. The second-order valence-corrected chi connectivity index (χ2v) is 6.78. The summed E-state index contributed by atoms with van der Waals surface area (Å²) >= 11 is 0. The minimum absolute atomic E-state index is 0.0532. The maximum absolute atomic E-state index is 11.9. The van der Waals surface area contributed by atoms with Gasteiger partial charge in [-0.2, -0.15) is 0 Å². The largest absolute Gasteiger partial charge is 0.489 e. The summed E-state index contributed by atoms with van der Waals surface area (Å²) in [6, 6.07) is 17.0. The third-order valence-corrected chi connectivity index (χ3v) is 3.48. The average molecular weight is 340 g/mol. The Morgan fingerprint density at radius 3 is 2.20 bits per heavy atom. The van der Waals surface area contributed by atoms with E-state index in [9.17, 15) is 9.59 Å². The number of hydrogen-bond donors (Lipinski definition) is 2. The molecular weight excluding hydrogens is 316 g/mol. The summed E-state index contributed by atoms with van der Waals surface area (Å²) in [5.41, 5.74) is 1.23. The minimum atomic E-state index is -0.516. The van der Waals surface area contributed by atoms with Gasteiger partial charge in [0, 0.05) is 11.1 Å². The summed E-state index contributed by atoms with van der Waals surface area (Å²) in [6.07, 6.45) is 0. The summed E-state index contributed by atoms with van der Waals surface area (Å²) < 4.78 is 5.70. The summed E-state index contributed by atoms with van der Waals surface area (Å²) in [7, 11) is 0. The van der Waals surface area contributed by atoms with Gasteiger partial charge >= 0.3 is 0 Å². The molecule has 0 unspecified atom stereocenters. The lowest BCUT2D eigenvalue weighted by atomic mass is 9.96. The van der Waals surface area contributed by atoms with Crippen LogP contribution in [0.1, 0.15) is 26.3 Å². The topological polar surface area (TPSA) is 67.4 Å². The maximum Gasteiger partial charge on any atom is 0.243 e. The van der Waals surface area contributed by atoms with Crippen molar-refractivity contribution in [2.45, 2.75) is 27.4 Å². The van der Waals surface area contributed by atoms with Gasteiger partial charge in [-0.1, -0.05) is 51.1 Å². The monoisotopic (exact) mass is 340 g/mol. The molecule has 0 spiro atoms. The summed E-state index contributed by atoms with van der Waals surface area (Å²) in [6.45, 7) is 5.84. The van der Waals surface area contributed by atoms with Crippen LogP contribution in [0, 0.1) is 5.41 Å². The molecule has 132 valence electrons. The Labute approximate surface area is 148 Å². The first-order valence-electron chi connectivity index (χ1n) is 8.19. The second-order valence-electron chi connectivity index (χ2n) is 6.78. The van der Waals surface area contributed by atoms with Crippen LogP contribution in [0.4, 0.5) is 5.69 Å². The van der Waals surface area contributed by atoms with Crippen LogP contribution in [0.5, 0.6) is 5.75 Å². The smallest absolute Gasteiger partial charge is 0.243 e. The first-order chi connectivity index (χ1) is 11.8. The van der Waals surface area contributed by atoms with E-state index in [4.69, 9.17) is 4.74 Å².